The van der Waals surface area contributed by atoms with E-state index in [0.29, 0.717) is 37.7 Å². The Bertz CT molecular complexity index is 1170. The zero-order chi connectivity index (χ0) is 26.8. The van der Waals surface area contributed by atoms with Crippen molar-refractivity contribution in [2.45, 2.75) is 12.5 Å². The highest BCUT2D eigenvalue weighted by molar-refractivity contribution is 7.88. The second kappa shape index (κ2) is 13.0. The molecule has 1 aliphatic heterocycles. The van der Waals surface area contributed by atoms with Gasteiger partial charge in [0.25, 0.3) is 0 Å². The molecule has 0 bridgehead atoms. The van der Waals surface area contributed by atoms with Crippen LogP contribution in [0.3, 0.4) is 0 Å². The second-order valence-corrected chi connectivity index (χ2v) is 9.73. The summed E-state index contributed by atoms with van der Waals surface area (Å²) >= 11 is 0. The van der Waals surface area contributed by atoms with E-state index in [-0.39, 0.29) is 6.42 Å². The first-order chi connectivity index (χ1) is 17.7. The van der Waals surface area contributed by atoms with E-state index in [1.807, 2.05) is 10.8 Å². The molecule has 1 atom stereocenters. The minimum atomic E-state index is -4.37. The number of methoxy groups -OCH3 is 1. The van der Waals surface area contributed by atoms with Crippen molar-refractivity contribution in [3.05, 3.63) is 60.2 Å². The van der Waals surface area contributed by atoms with Gasteiger partial charge in [0.15, 0.2) is 0 Å². The molecule has 3 rings (SSSR count). The third-order valence-corrected chi connectivity index (χ3v) is 6.66. The summed E-state index contributed by atoms with van der Waals surface area (Å²) in [7, 11) is -1.28. The number of rotatable bonds is 10. The molecule has 12 nitrogen and oxygen atoms in total. The molecule has 4 amide bonds. The molecule has 200 valence electrons. The molecule has 1 aliphatic rings. The van der Waals surface area contributed by atoms with Crippen molar-refractivity contribution in [2.75, 3.05) is 51.9 Å². The fraction of sp³-hybridized carbons (Fsp3) is 0.375. The molecule has 37 heavy (non-hydrogen) atoms. The highest BCUT2D eigenvalue weighted by Gasteiger charge is 2.27. The Hall–Kier alpha value is -3.68. The summed E-state index contributed by atoms with van der Waals surface area (Å²) in [6.45, 7) is 0.954. The molecule has 0 spiro atoms. The fourth-order valence-corrected chi connectivity index (χ4v) is 4.33. The number of benzene rings is 2. The van der Waals surface area contributed by atoms with Gasteiger partial charge in [0.1, 0.15) is 11.8 Å². The molecule has 0 saturated carbocycles. The van der Waals surface area contributed by atoms with Gasteiger partial charge in [-0.05, 0) is 29.8 Å². The zero-order valence-corrected chi connectivity index (χ0v) is 21.5. The smallest absolute Gasteiger partial charge is 0.330 e. The molecule has 0 radical (unpaired) electrons. The molecule has 3 N–H and O–H groups in total. The molecule has 0 aliphatic carbocycles. The van der Waals surface area contributed by atoms with Gasteiger partial charge in [0.05, 0.1) is 26.9 Å². The molecule has 1 unspecified atom stereocenters. The van der Waals surface area contributed by atoms with Gasteiger partial charge in [0.2, 0.25) is 11.8 Å². The third-order valence-electron chi connectivity index (χ3n) is 5.68. The lowest BCUT2D eigenvalue weighted by molar-refractivity contribution is -0.133. The van der Waals surface area contributed by atoms with Crippen molar-refractivity contribution >= 4 is 33.7 Å². The summed E-state index contributed by atoms with van der Waals surface area (Å²) in [5.74, 6) is -0.280. The van der Waals surface area contributed by atoms with Crippen LogP contribution in [0.2, 0.25) is 0 Å². The molecular formula is C24H31N5O7S. The molecule has 0 aromatic heterocycles. The maximum atomic E-state index is 13.3. The topological polar surface area (TPSA) is 146 Å². The summed E-state index contributed by atoms with van der Waals surface area (Å²) in [6.07, 6.45) is 0.122. The molecule has 2 aromatic rings. The van der Waals surface area contributed by atoms with Gasteiger partial charge in [-0.3, -0.25) is 9.59 Å². The van der Waals surface area contributed by atoms with Gasteiger partial charge in [-0.2, -0.15) is 13.1 Å². The number of ether oxygens (including phenoxy) is 2. The SMILES string of the molecule is COc1ccc(N(C)C(=O)C(Cc2ccccc2)NC(=O)NS(=O)(=O)NCC(=O)N2CCOCC2)cc1. The number of hydrogen-bond acceptors (Lipinski definition) is 7. The standard InChI is InChI=1S/C24H31N5O7S/c1-28(19-8-10-20(35-2)11-9-19)23(31)21(16-18-6-4-3-5-7-18)26-24(32)27-37(33,34)25-17-22(30)29-12-14-36-15-13-29/h3-11,21,25H,12-17H2,1-2H3,(H2,26,27,32). The predicted octanol–water partition coefficient (Wildman–Crippen LogP) is 0.262. The summed E-state index contributed by atoms with van der Waals surface area (Å²) < 4.78 is 38.9. The second-order valence-electron chi connectivity index (χ2n) is 8.23. The Morgan fingerprint density at radius 3 is 2.32 bits per heavy atom. The van der Waals surface area contributed by atoms with Crippen LogP contribution >= 0.6 is 0 Å². The third kappa shape index (κ3) is 8.44. The van der Waals surface area contributed by atoms with Crippen LogP contribution in [-0.2, 0) is 31.0 Å². The normalized spacial score (nSPS) is 14.4. The number of hydrogen-bond donors (Lipinski definition) is 3. The van der Waals surface area contributed by atoms with E-state index >= 15 is 0 Å². The highest BCUT2D eigenvalue weighted by atomic mass is 32.2. The van der Waals surface area contributed by atoms with E-state index in [0.717, 1.165) is 5.56 Å². The van der Waals surface area contributed by atoms with Gasteiger partial charge in [-0.25, -0.2) is 9.52 Å². The van der Waals surface area contributed by atoms with Crippen molar-refractivity contribution in [1.82, 2.24) is 19.7 Å². The number of anilines is 1. The van der Waals surface area contributed by atoms with E-state index in [4.69, 9.17) is 9.47 Å². The van der Waals surface area contributed by atoms with Crippen LogP contribution < -0.4 is 24.4 Å². The first-order valence-corrected chi connectivity index (χ1v) is 13.1. The number of carbonyl (C=O) groups is 3. The minimum Gasteiger partial charge on any atom is -0.497 e. The molecular weight excluding hydrogens is 502 g/mol. The number of nitrogens with zero attached hydrogens (tertiary/aromatic N) is 2. The summed E-state index contributed by atoms with van der Waals surface area (Å²) in [5, 5.41) is 2.45. The Labute approximate surface area is 216 Å². The van der Waals surface area contributed by atoms with Crippen molar-refractivity contribution in [3.8, 4) is 5.75 Å². The van der Waals surface area contributed by atoms with Crippen LogP contribution in [0.5, 0.6) is 5.75 Å². The van der Waals surface area contributed by atoms with Crippen LogP contribution in [0, 0.1) is 0 Å². The lowest BCUT2D eigenvalue weighted by Crippen LogP contribution is -2.55. The number of urea groups is 1. The van der Waals surface area contributed by atoms with Crippen LogP contribution in [-0.4, -0.2) is 84.2 Å². The van der Waals surface area contributed by atoms with E-state index in [1.54, 1.807) is 55.6 Å². The van der Waals surface area contributed by atoms with E-state index in [1.165, 1.54) is 16.9 Å². The van der Waals surface area contributed by atoms with Gasteiger partial charge in [-0.1, -0.05) is 30.3 Å². The minimum absolute atomic E-state index is 0.122. The maximum Gasteiger partial charge on any atom is 0.330 e. The summed E-state index contributed by atoms with van der Waals surface area (Å²) in [6, 6.07) is 13.6. The van der Waals surface area contributed by atoms with Gasteiger partial charge in [-0.15, -0.1) is 0 Å². The zero-order valence-electron chi connectivity index (χ0n) is 20.7. The molecule has 1 heterocycles. The van der Waals surface area contributed by atoms with Crippen LogP contribution in [0.25, 0.3) is 0 Å². The van der Waals surface area contributed by atoms with Crippen molar-refractivity contribution < 1.29 is 32.3 Å². The Morgan fingerprint density at radius 2 is 1.70 bits per heavy atom. The number of carbonyl (C=O) groups excluding carboxylic acids is 3. The van der Waals surface area contributed by atoms with Crippen molar-refractivity contribution in [1.29, 1.82) is 0 Å². The Kier molecular flexibility index (Phi) is 9.83. The van der Waals surface area contributed by atoms with Gasteiger partial charge in [0, 0.05) is 32.2 Å². The number of amides is 4. The largest absolute Gasteiger partial charge is 0.497 e. The average molecular weight is 534 g/mol. The first kappa shape index (κ1) is 27.9. The van der Waals surface area contributed by atoms with E-state index in [9.17, 15) is 22.8 Å². The number of morpholine rings is 1. The van der Waals surface area contributed by atoms with Gasteiger partial charge < -0.3 is 24.6 Å². The Morgan fingerprint density at radius 1 is 1.05 bits per heavy atom. The first-order valence-electron chi connectivity index (χ1n) is 11.6. The molecule has 13 heteroatoms. The van der Waals surface area contributed by atoms with Crippen LogP contribution in [0.15, 0.2) is 54.6 Å². The summed E-state index contributed by atoms with van der Waals surface area (Å²) in [5.41, 5.74) is 1.32. The summed E-state index contributed by atoms with van der Waals surface area (Å²) in [4.78, 5) is 41.0. The Balaban J connectivity index is 1.65. The average Bonchev–Trinajstić information content (AvgIpc) is 2.91. The highest BCUT2D eigenvalue weighted by Crippen LogP contribution is 2.19. The van der Waals surface area contributed by atoms with Crippen molar-refractivity contribution in [3.63, 3.8) is 0 Å². The number of likely N-dealkylation sites (N-methyl/N-ethyl adjacent to an activating group) is 1. The maximum absolute atomic E-state index is 13.3. The lowest BCUT2D eigenvalue weighted by atomic mass is 10.0. The van der Waals surface area contributed by atoms with Gasteiger partial charge >= 0.3 is 16.2 Å². The van der Waals surface area contributed by atoms with E-state index < -0.39 is 40.6 Å². The number of nitrogens with one attached hydrogen (secondary N) is 3. The van der Waals surface area contributed by atoms with E-state index in [2.05, 4.69) is 10.0 Å². The molecule has 1 saturated heterocycles. The molecule has 2 aromatic carbocycles. The predicted molar refractivity (Wildman–Crippen MR) is 136 cm³/mol. The van der Waals surface area contributed by atoms with Crippen LogP contribution in [0.1, 0.15) is 5.56 Å². The molecule has 1 fully saturated rings. The van der Waals surface area contributed by atoms with Crippen LogP contribution in [0.4, 0.5) is 10.5 Å². The monoisotopic (exact) mass is 533 g/mol. The lowest BCUT2D eigenvalue weighted by Gasteiger charge is -2.27. The quantitative estimate of drug-likeness (QED) is 0.397. The van der Waals surface area contributed by atoms with Crippen molar-refractivity contribution in [2.24, 2.45) is 0 Å². The fourth-order valence-electron chi connectivity index (χ4n) is 3.64.